The minimum atomic E-state index is -4.03. The van der Waals surface area contributed by atoms with E-state index in [2.05, 4.69) is 15.7 Å². The summed E-state index contributed by atoms with van der Waals surface area (Å²) in [4.78, 5) is 15.7. The molecule has 2 bridgehead atoms. The summed E-state index contributed by atoms with van der Waals surface area (Å²) >= 11 is 6.40. The number of ether oxygens (including phenoxy) is 1. The minimum Gasteiger partial charge on any atom is -0.490 e. The summed E-state index contributed by atoms with van der Waals surface area (Å²) in [5, 5.41) is 11.9. The number of aliphatic hydroxyl groups is 1. The standard InChI is InChI=1S/C34H45ClN2O8S2/c1-22-6-4-15-34(39,21-45-46(3,40)41)29-11-8-26(29)18-37-19-33(14-5-7-24-16-27(35)10-12-28(24)33)20-44-31-13-9-25(17-30(31)37)32(38)36-47(42,43)23(22)2/h9-10,12-13,16-17,22-23,26,29,39H,4-8,11,14-15,18-21H2,1-3H3,(H,36,38)/t22-,23+,26-,29+,33-,34-/m0/s1. The molecule has 0 saturated heterocycles. The summed E-state index contributed by atoms with van der Waals surface area (Å²) in [6.45, 7) is 4.55. The van der Waals surface area contributed by atoms with E-state index in [0.29, 0.717) is 55.4 Å². The number of fused-ring (bicyclic) bond motifs is 4. The van der Waals surface area contributed by atoms with Gasteiger partial charge in [0.25, 0.3) is 16.0 Å². The lowest BCUT2D eigenvalue weighted by Gasteiger charge is -2.50. The van der Waals surface area contributed by atoms with Gasteiger partial charge in [-0.05, 0) is 111 Å². The zero-order chi connectivity index (χ0) is 33.8. The molecule has 1 saturated carbocycles. The van der Waals surface area contributed by atoms with Crippen LogP contribution >= 0.6 is 11.6 Å². The van der Waals surface area contributed by atoms with Crippen LogP contribution in [-0.2, 0) is 36.2 Å². The van der Waals surface area contributed by atoms with E-state index in [4.69, 9.17) is 20.5 Å². The molecule has 2 aromatic rings. The van der Waals surface area contributed by atoms with Gasteiger partial charge in [0.15, 0.2) is 0 Å². The maximum atomic E-state index is 13.4. The van der Waals surface area contributed by atoms with Crippen molar-refractivity contribution in [3.05, 3.63) is 58.1 Å². The van der Waals surface area contributed by atoms with Crippen molar-refractivity contribution in [2.75, 3.05) is 37.5 Å². The number of hydrogen-bond donors (Lipinski definition) is 2. The van der Waals surface area contributed by atoms with E-state index >= 15 is 0 Å². The Morgan fingerprint density at radius 3 is 2.62 bits per heavy atom. The van der Waals surface area contributed by atoms with Gasteiger partial charge in [0.05, 0.1) is 36.0 Å². The highest BCUT2D eigenvalue weighted by Crippen LogP contribution is 2.49. The van der Waals surface area contributed by atoms with Gasteiger partial charge in [-0.3, -0.25) is 8.98 Å². The third-order valence-corrected chi connectivity index (χ3v) is 13.9. The second-order valence-electron chi connectivity index (χ2n) is 14.4. The molecule has 6 rings (SSSR count). The van der Waals surface area contributed by atoms with Crippen LogP contribution in [0.1, 0.15) is 80.3 Å². The third kappa shape index (κ3) is 7.04. The number of carbonyl (C=O) groups excluding carboxylic acids is 1. The number of nitrogens with one attached hydrogen (secondary N) is 1. The first kappa shape index (κ1) is 34.5. The number of carbonyl (C=O) groups is 1. The molecule has 258 valence electrons. The fraction of sp³-hybridized carbons (Fsp3) is 0.618. The summed E-state index contributed by atoms with van der Waals surface area (Å²) in [5.41, 5.74) is 1.48. The van der Waals surface area contributed by atoms with Crippen molar-refractivity contribution in [1.82, 2.24) is 4.72 Å². The summed E-state index contributed by atoms with van der Waals surface area (Å²) in [6.07, 6.45) is 6.46. The summed E-state index contributed by atoms with van der Waals surface area (Å²) < 4.78 is 64.9. The Morgan fingerprint density at radius 2 is 1.89 bits per heavy atom. The number of amides is 1. The molecule has 0 unspecified atom stereocenters. The fourth-order valence-electron chi connectivity index (χ4n) is 8.16. The van der Waals surface area contributed by atoms with Crippen LogP contribution in [-0.4, -0.2) is 71.3 Å². The van der Waals surface area contributed by atoms with Crippen LogP contribution in [0.2, 0.25) is 5.02 Å². The van der Waals surface area contributed by atoms with Crippen LogP contribution in [0.15, 0.2) is 36.4 Å². The molecular formula is C34H45ClN2O8S2. The fourth-order valence-corrected chi connectivity index (χ4v) is 10.1. The number of sulfonamides is 1. The topological polar surface area (TPSA) is 139 Å². The molecule has 6 atom stereocenters. The molecule has 2 heterocycles. The molecule has 47 heavy (non-hydrogen) atoms. The van der Waals surface area contributed by atoms with Gasteiger partial charge >= 0.3 is 0 Å². The Morgan fingerprint density at radius 1 is 1.11 bits per heavy atom. The highest BCUT2D eigenvalue weighted by Gasteiger charge is 2.49. The second-order valence-corrected chi connectivity index (χ2v) is 18.5. The van der Waals surface area contributed by atoms with Crippen LogP contribution in [0.3, 0.4) is 0 Å². The zero-order valence-corrected chi connectivity index (χ0v) is 29.6. The van der Waals surface area contributed by atoms with Crippen molar-refractivity contribution < 1.29 is 35.7 Å². The first-order valence-corrected chi connectivity index (χ1v) is 20.3. The van der Waals surface area contributed by atoms with Gasteiger partial charge in [-0.15, -0.1) is 0 Å². The Hall–Kier alpha value is -2.38. The molecule has 1 spiro atoms. The van der Waals surface area contributed by atoms with Crippen molar-refractivity contribution >= 4 is 43.3 Å². The van der Waals surface area contributed by atoms with Crippen molar-refractivity contribution in [3.63, 3.8) is 0 Å². The summed E-state index contributed by atoms with van der Waals surface area (Å²) in [5.74, 6) is -0.644. The van der Waals surface area contributed by atoms with E-state index in [1.807, 2.05) is 12.1 Å². The lowest BCUT2D eigenvalue weighted by Crippen LogP contribution is -2.55. The molecule has 13 heteroatoms. The molecule has 2 aliphatic carbocycles. The Bertz CT molecular complexity index is 1750. The molecule has 0 aromatic heterocycles. The number of hydrogen-bond acceptors (Lipinski definition) is 9. The molecule has 4 aliphatic rings. The van der Waals surface area contributed by atoms with Gasteiger partial charge < -0.3 is 14.7 Å². The van der Waals surface area contributed by atoms with E-state index in [0.717, 1.165) is 31.9 Å². The average molecular weight is 709 g/mol. The molecule has 1 fully saturated rings. The Balaban J connectivity index is 1.43. The normalized spacial score (nSPS) is 32.6. The van der Waals surface area contributed by atoms with Gasteiger partial charge in [0.1, 0.15) is 5.75 Å². The number of aryl methyl sites for hydroxylation is 1. The predicted octanol–water partition coefficient (Wildman–Crippen LogP) is 4.81. The van der Waals surface area contributed by atoms with E-state index in [-0.39, 0.29) is 41.8 Å². The highest BCUT2D eigenvalue weighted by molar-refractivity contribution is 7.90. The van der Waals surface area contributed by atoms with Crippen LogP contribution < -0.4 is 14.4 Å². The van der Waals surface area contributed by atoms with Crippen LogP contribution in [0.5, 0.6) is 5.75 Å². The number of benzene rings is 2. The van der Waals surface area contributed by atoms with Crippen molar-refractivity contribution in [1.29, 1.82) is 0 Å². The Labute approximate surface area is 283 Å². The smallest absolute Gasteiger partial charge is 0.264 e. The van der Waals surface area contributed by atoms with E-state index in [1.54, 1.807) is 32.0 Å². The van der Waals surface area contributed by atoms with Crippen LogP contribution in [0.25, 0.3) is 0 Å². The highest BCUT2D eigenvalue weighted by atomic mass is 35.5. The first-order chi connectivity index (χ1) is 22.1. The SMILES string of the molecule is C[C@@H]1[C@@H](C)CCC[C@](O)(COS(C)(=O)=O)[C@@H]2CC[C@H]2CN2C[C@@]3(CCCc4cc(Cl)ccc43)COc3ccc(cc32)C(=O)NS1(=O)=O. The van der Waals surface area contributed by atoms with Crippen molar-refractivity contribution in [2.24, 2.45) is 17.8 Å². The van der Waals surface area contributed by atoms with Crippen LogP contribution in [0.4, 0.5) is 5.69 Å². The lowest BCUT2D eigenvalue weighted by atomic mass is 9.63. The summed E-state index contributed by atoms with van der Waals surface area (Å²) in [7, 11) is -7.83. The third-order valence-electron chi connectivity index (χ3n) is 11.2. The number of anilines is 1. The van der Waals surface area contributed by atoms with Crippen molar-refractivity contribution in [3.8, 4) is 5.75 Å². The maximum absolute atomic E-state index is 13.4. The minimum absolute atomic E-state index is 0.0153. The average Bonchev–Trinajstić information content (AvgIpc) is 3.13. The molecule has 1 amide bonds. The van der Waals surface area contributed by atoms with Gasteiger partial charge in [-0.2, -0.15) is 8.42 Å². The Kier molecular flexibility index (Phi) is 9.40. The monoisotopic (exact) mass is 708 g/mol. The lowest BCUT2D eigenvalue weighted by molar-refractivity contribution is -0.111. The predicted molar refractivity (Wildman–Crippen MR) is 181 cm³/mol. The van der Waals surface area contributed by atoms with Gasteiger partial charge in [0.2, 0.25) is 10.0 Å². The zero-order valence-electron chi connectivity index (χ0n) is 27.2. The van der Waals surface area contributed by atoms with Gasteiger partial charge in [-0.25, -0.2) is 13.1 Å². The maximum Gasteiger partial charge on any atom is 0.264 e. The molecule has 2 aliphatic heterocycles. The first-order valence-electron chi connectivity index (χ1n) is 16.5. The molecule has 0 radical (unpaired) electrons. The number of rotatable bonds is 3. The van der Waals surface area contributed by atoms with E-state index in [1.165, 1.54) is 11.1 Å². The molecular weight excluding hydrogens is 664 g/mol. The van der Waals surface area contributed by atoms with Crippen molar-refractivity contribution in [2.45, 2.75) is 81.5 Å². The van der Waals surface area contributed by atoms with E-state index in [9.17, 15) is 26.7 Å². The quantitative estimate of drug-likeness (QED) is 0.430. The number of nitrogens with zero attached hydrogens (tertiary/aromatic N) is 1. The summed E-state index contributed by atoms with van der Waals surface area (Å²) in [6, 6.07) is 11.1. The van der Waals surface area contributed by atoms with Gasteiger partial charge in [0, 0.05) is 29.1 Å². The largest absolute Gasteiger partial charge is 0.490 e. The van der Waals surface area contributed by atoms with Crippen LogP contribution in [0, 0.1) is 17.8 Å². The number of halogens is 1. The molecule has 10 nitrogen and oxygen atoms in total. The van der Waals surface area contributed by atoms with Gasteiger partial charge in [-0.1, -0.05) is 31.0 Å². The van der Waals surface area contributed by atoms with E-state index < -0.39 is 36.9 Å². The molecule has 2 aromatic carbocycles. The molecule has 2 N–H and O–H groups in total. The second kappa shape index (κ2) is 12.8.